The number of hydrogen-bond donors (Lipinski definition) is 2. The van der Waals surface area contributed by atoms with E-state index < -0.39 is 5.97 Å². The van der Waals surface area contributed by atoms with Gasteiger partial charge in [0.1, 0.15) is 0 Å². The van der Waals surface area contributed by atoms with Gasteiger partial charge in [0.25, 0.3) is 0 Å². The van der Waals surface area contributed by atoms with Crippen LogP contribution in [0.25, 0.3) is 0 Å². The number of rotatable bonds is 7. The molecule has 5 heteroatoms. The maximum Gasteiger partial charge on any atom is 0.303 e. The van der Waals surface area contributed by atoms with Crippen molar-refractivity contribution in [3.63, 3.8) is 0 Å². The third-order valence-electron chi connectivity index (χ3n) is 2.78. The maximum atomic E-state index is 11.7. The van der Waals surface area contributed by atoms with Crippen molar-refractivity contribution in [2.24, 2.45) is 0 Å². The lowest BCUT2D eigenvalue weighted by atomic mass is 10.1. The van der Waals surface area contributed by atoms with E-state index in [-0.39, 0.29) is 18.4 Å². The van der Waals surface area contributed by atoms with Crippen LogP contribution >= 0.6 is 11.6 Å². The number of aryl methyl sites for hydroxylation is 1. The van der Waals surface area contributed by atoms with Crippen molar-refractivity contribution in [1.82, 2.24) is 5.32 Å². The molecule has 1 aromatic rings. The second-order valence-electron chi connectivity index (χ2n) is 4.49. The van der Waals surface area contributed by atoms with Gasteiger partial charge < -0.3 is 10.4 Å². The van der Waals surface area contributed by atoms with Gasteiger partial charge in [-0.2, -0.15) is 0 Å². The summed E-state index contributed by atoms with van der Waals surface area (Å²) in [6.07, 6.45) is 1.43. The highest BCUT2D eigenvalue weighted by molar-refractivity contribution is 6.31. The Kier molecular flexibility index (Phi) is 6.36. The minimum Gasteiger partial charge on any atom is -0.481 e. The van der Waals surface area contributed by atoms with Crippen LogP contribution in [0.4, 0.5) is 0 Å². The van der Waals surface area contributed by atoms with Crippen LogP contribution in [0.5, 0.6) is 0 Å². The predicted molar refractivity (Wildman–Crippen MR) is 74.2 cm³/mol. The van der Waals surface area contributed by atoms with E-state index in [1.807, 2.05) is 18.2 Å². The molecule has 0 aromatic heterocycles. The molecule has 0 saturated carbocycles. The first-order valence-electron chi connectivity index (χ1n) is 6.23. The fraction of sp³-hybridized carbons (Fsp3) is 0.429. The van der Waals surface area contributed by atoms with Crippen LogP contribution in [0, 0.1) is 0 Å². The van der Waals surface area contributed by atoms with E-state index in [1.54, 1.807) is 13.0 Å². The molecule has 1 amide bonds. The van der Waals surface area contributed by atoms with Gasteiger partial charge in [0.15, 0.2) is 0 Å². The Labute approximate surface area is 117 Å². The quantitative estimate of drug-likeness (QED) is 0.808. The van der Waals surface area contributed by atoms with Gasteiger partial charge in [-0.1, -0.05) is 29.8 Å². The lowest BCUT2D eigenvalue weighted by Gasteiger charge is -2.12. The second kappa shape index (κ2) is 7.79. The van der Waals surface area contributed by atoms with E-state index in [1.165, 1.54) is 0 Å². The molecule has 1 atom stereocenters. The predicted octanol–water partition coefficient (Wildman–Crippen LogP) is 2.64. The Hall–Kier alpha value is -1.55. The lowest BCUT2D eigenvalue weighted by Crippen LogP contribution is -2.33. The number of amides is 1. The van der Waals surface area contributed by atoms with Crippen LogP contribution in [0.2, 0.25) is 5.02 Å². The molecule has 0 radical (unpaired) electrons. The Morgan fingerprint density at radius 2 is 2.00 bits per heavy atom. The number of hydrogen-bond acceptors (Lipinski definition) is 2. The van der Waals surface area contributed by atoms with Crippen molar-refractivity contribution in [3.05, 3.63) is 34.9 Å². The highest BCUT2D eigenvalue weighted by Gasteiger charge is 2.10. The van der Waals surface area contributed by atoms with Crippen molar-refractivity contribution in [1.29, 1.82) is 0 Å². The summed E-state index contributed by atoms with van der Waals surface area (Å²) in [4.78, 5) is 22.1. The van der Waals surface area contributed by atoms with Gasteiger partial charge in [-0.3, -0.25) is 9.59 Å². The first kappa shape index (κ1) is 15.5. The fourth-order valence-electron chi connectivity index (χ4n) is 1.71. The summed E-state index contributed by atoms with van der Waals surface area (Å²) in [5.74, 6) is -0.935. The van der Waals surface area contributed by atoms with E-state index in [9.17, 15) is 9.59 Å². The van der Waals surface area contributed by atoms with Gasteiger partial charge >= 0.3 is 5.97 Å². The third kappa shape index (κ3) is 6.25. The number of carboxylic acid groups (broad SMARTS) is 1. The average Bonchev–Trinajstić information content (AvgIpc) is 2.35. The zero-order chi connectivity index (χ0) is 14.3. The van der Waals surface area contributed by atoms with Crippen LogP contribution in [-0.4, -0.2) is 23.0 Å². The van der Waals surface area contributed by atoms with E-state index in [2.05, 4.69) is 5.32 Å². The van der Waals surface area contributed by atoms with Crippen molar-refractivity contribution < 1.29 is 14.7 Å². The summed E-state index contributed by atoms with van der Waals surface area (Å²) in [6.45, 7) is 1.80. The summed E-state index contributed by atoms with van der Waals surface area (Å²) in [6, 6.07) is 7.29. The lowest BCUT2D eigenvalue weighted by molar-refractivity contribution is -0.137. The van der Waals surface area contributed by atoms with Crippen LogP contribution < -0.4 is 5.32 Å². The summed E-state index contributed by atoms with van der Waals surface area (Å²) in [5, 5.41) is 12.0. The number of carboxylic acids is 1. The standard InChI is InChI=1S/C14H18ClNO3/c1-10(6-9-14(18)19)16-13(17)8-7-11-4-2-3-5-12(11)15/h2-5,10H,6-9H2,1H3,(H,16,17)(H,18,19). The largest absolute Gasteiger partial charge is 0.481 e. The second-order valence-corrected chi connectivity index (χ2v) is 4.90. The minimum absolute atomic E-state index is 0.0615. The Bertz CT molecular complexity index is 448. The normalized spacial score (nSPS) is 11.9. The topological polar surface area (TPSA) is 66.4 Å². The third-order valence-corrected chi connectivity index (χ3v) is 3.15. The molecular formula is C14H18ClNO3. The van der Waals surface area contributed by atoms with Gasteiger partial charge in [0.2, 0.25) is 5.91 Å². The summed E-state index contributed by atoms with van der Waals surface area (Å²) >= 11 is 6.00. The monoisotopic (exact) mass is 283 g/mol. The molecule has 0 aliphatic rings. The number of benzene rings is 1. The summed E-state index contributed by atoms with van der Waals surface area (Å²) in [7, 11) is 0. The first-order valence-corrected chi connectivity index (χ1v) is 6.61. The van der Waals surface area contributed by atoms with Gasteiger partial charge in [-0.25, -0.2) is 0 Å². The van der Waals surface area contributed by atoms with Crippen molar-refractivity contribution in [3.8, 4) is 0 Å². The molecule has 19 heavy (non-hydrogen) atoms. The molecule has 0 fully saturated rings. The zero-order valence-electron chi connectivity index (χ0n) is 10.9. The number of halogens is 1. The average molecular weight is 284 g/mol. The number of carbonyl (C=O) groups is 2. The Morgan fingerprint density at radius 1 is 1.32 bits per heavy atom. The van der Waals surface area contributed by atoms with Crippen molar-refractivity contribution in [2.75, 3.05) is 0 Å². The maximum absolute atomic E-state index is 11.7. The molecule has 0 saturated heterocycles. The Balaban J connectivity index is 2.32. The highest BCUT2D eigenvalue weighted by atomic mass is 35.5. The molecule has 0 aliphatic carbocycles. The smallest absolute Gasteiger partial charge is 0.303 e. The number of aliphatic carboxylic acids is 1. The van der Waals surface area contributed by atoms with Crippen LogP contribution in [-0.2, 0) is 16.0 Å². The molecule has 1 rings (SSSR count). The summed E-state index contributed by atoms with van der Waals surface area (Å²) in [5.41, 5.74) is 0.942. The molecule has 0 heterocycles. The molecule has 2 N–H and O–H groups in total. The molecule has 4 nitrogen and oxygen atoms in total. The van der Waals surface area contributed by atoms with Crippen molar-refractivity contribution in [2.45, 2.75) is 38.6 Å². The van der Waals surface area contributed by atoms with Gasteiger partial charge in [0.05, 0.1) is 0 Å². The van der Waals surface area contributed by atoms with Gasteiger partial charge in [0, 0.05) is 23.9 Å². The highest BCUT2D eigenvalue weighted by Crippen LogP contribution is 2.16. The molecular weight excluding hydrogens is 266 g/mol. The van der Waals surface area contributed by atoms with E-state index >= 15 is 0 Å². The van der Waals surface area contributed by atoms with Crippen LogP contribution in [0.1, 0.15) is 31.7 Å². The number of nitrogens with one attached hydrogen (secondary N) is 1. The first-order chi connectivity index (χ1) is 8.99. The SMILES string of the molecule is CC(CCC(=O)O)NC(=O)CCc1ccccc1Cl. The molecule has 0 bridgehead atoms. The van der Waals surface area contributed by atoms with E-state index in [0.717, 1.165) is 5.56 Å². The van der Waals surface area contributed by atoms with Crippen LogP contribution in [0.15, 0.2) is 24.3 Å². The molecule has 0 spiro atoms. The van der Waals surface area contributed by atoms with Crippen LogP contribution in [0.3, 0.4) is 0 Å². The molecule has 104 valence electrons. The zero-order valence-corrected chi connectivity index (χ0v) is 11.6. The van der Waals surface area contributed by atoms with Gasteiger partial charge in [-0.15, -0.1) is 0 Å². The molecule has 1 aromatic carbocycles. The van der Waals surface area contributed by atoms with Crippen molar-refractivity contribution >= 4 is 23.5 Å². The molecule has 0 aliphatic heterocycles. The van der Waals surface area contributed by atoms with E-state index in [0.29, 0.717) is 24.3 Å². The molecule has 1 unspecified atom stereocenters. The number of carbonyl (C=O) groups excluding carboxylic acids is 1. The summed E-state index contributed by atoms with van der Waals surface area (Å²) < 4.78 is 0. The minimum atomic E-state index is -0.850. The van der Waals surface area contributed by atoms with Gasteiger partial charge in [-0.05, 0) is 31.4 Å². The Morgan fingerprint density at radius 3 is 2.63 bits per heavy atom. The van der Waals surface area contributed by atoms with E-state index in [4.69, 9.17) is 16.7 Å². The fourth-order valence-corrected chi connectivity index (χ4v) is 1.94.